The molecule has 1 amide bonds. The first-order chi connectivity index (χ1) is 11.1. The molecule has 5 heteroatoms. The highest BCUT2D eigenvalue weighted by Gasteiger charge is 2.33. The lowest BCUT2D eigenvalue weighted by atomic mass is 9.95. The van der Waals surface area contributed by atoms with Gasteiger partial charge in [0.2, 0.25) is 5.91 Å². The van der Waals surface area contributed by atoms with E-state index in [0.29, 0.717) is 25.9 Å². The number of amides is 1. The second-order valence-corrected chi connectivity index (χ2v) is 6.28. The lowest BCUT2D eigenvalue weighted by Crippen LogP contribution is -2.32. The minimum atomic E-state index is 0.000383. The lowest BCUT2D eigenvalue weighted by molar-refractivity contribution is -0.130. The van der Waals surface area contributed by atoms with Crippen molar-refractivity contribution >= 4 is 5.91 Å². The van der Waals surface area contributed by atoms with Gasteiger partial charge in [-0.15, -0.1) is 0 Å². The molecule has 2 heterocycles. The monoisotopic (exact) mass is 313 g/mol. The first-order valence-electron chi connectivity index (χ1n) is 8.06. The molecule has 1 aliphatic rings. The fraction of sp³-hybridized carbons (Fsp3) is 0.444. The number of hydrogen-bond donors (Lipinski definition) is 1. The Morgan fingerprint density at radius 1 is 1.30 bits per heavy atom. The van der Waals surface area contributed by atoms with Crippen LogP contribution in [0.25, 0.3) is 0 Å². The minimum absolute atomic E-state index is 0.000383. The summed E-state index contributed by atoms with van der Waals surface area (Å²) >= 11 is 0. The molecule has 2 unspecified atom stereocenters. The highest BCUT2D eigenvalue weighted by Crippen LogP contribution is 2.27. The molecule has 0 spiro atoms. The molecule has 0 bridgehead atoms. The Morgan fingerprint density at radius 3 is 2.70 bits per heavy atom. The second-order valence-electron chi connectivity index (χ2n) is 6.28. The van der Waals surface area contributed by atoms with E-state index in [9.17, 15) is 4.79 Å². The van der Waals surface area contributed by atoms with E-state index in [-0.39, 0.29) is 17.9 Å². The third-order valence-corrected chi connectivity index (χ3v) is 4.72. The van der Waals surface area contributed by atoms with Crippen molar-refractivity contribution in [2.24, 2.45) is 5.73 Å². The zero-order valence-electron chi connectivity index (χ0n) is 13.7. The first kappa shape index (κ1) is 15.7. The summed E-state index contributed by atoms with van der Waals surface area (Å²) in [6.45, 7) is 5.12. The molecular formula is C18H23N3O2. The van der Waals surface area contributed by atoms with Crippen LogP contribution in [0.2, 0.25) is 0 Å². The predicted octanol–water partition coefficient (Wildman–Crippen LogP) is 2.18. The Kier molecular flexibility index (Phi) is 4.48. The SMILES string of the molecule is Cc1noc(C)c1CCC(=O)N1CC(N)C(c2ccccc2)C1. The van der Waals surface area contributed by atoms with Crippen molar-refractivity contribution in [2.75, 3.05) is 13.1 Å². The van der Waals surface area contributed by atoms with E-state index in [1.165, 1.54) is 5.56 Å². The van der Waals surface area contributed by atoms with Crippen LogP contribution in [0.1, 0.15) is 34.9 Å². The Labute approximate surface area is 136 Å². The molecule has 1 aliphatic heterocycles. The van der Waals surface area contributed by atoms with E-state index in [1.54, 1.807) is 0 Å². The van der Waals surface area contributed by atoms with Crippen molar-refractivity contribution < 1.29 is 9.32 Å². The molecule has 1 aromatic carbocycles. The maximum absolute atomic E-state index is 12.5. The standard InChI is InChI=1S/C18H23N3O2/c1-12-15(13(2)23-20-12)8-9-18(22)21-10-16(17(19)11-21)14-6-4-3-5-7-14/h3-7,16-17H,8-11,19H2,1-2H3. The number of carbonyl (C=O) groups is 1. The summed E-state index contributed by atoms with van der Waals surface area (Å²) in [6, 6.07) is 10.2. The van der Waals surface area contributed by atoms with Gasteiger partial charge in [0.1, 0.15) is 5.76 Å². The predicted molar refractivity (Wildman–Crippen MR) is 88.0 cm³/mol. The van der Waals surface area contributed by atoms with Crippen molar-refractivity contribution in [2.45, 2.75) is 38.6 Å². The van der Waals surface area contributed by atoms with Crippen molar-refractivity contribution in [3.05, 3.63) is 52.9 Å². The number of benzene rings is 1. The van der Waals surface area contributed by atoms with Crippen LogP contribution >= 0.6 is 0 Å². The van der Waals surface area contributed by atoms with Crippen molar-refractivity contribution in [1.29, 1.82) is 0 Å². The average Bonchev–Trinajstić information content (AvgIpc) is 3.09. The van der Waals surface area contributed by atoms with Crippen LogP contribution in [-0.4, -0.2) is 35.1 Å². The molecule has 1 saturated heterocycles. The molecule has 0 radical (unpaired) electrons. The summed E-state index contributed by atoms with van der Waals surface area (Å²) in [5.41, 5.74) is 9.38. The number of likely N-dealkylation sites (tertiary alicyclic amines) is 1. The van der Waals surface area contributed by atoms with Gasteiger partial charge in [-0.05, 0) is 25.8 Å². The topological polar surface area (TPSA) is 72.4 Å². The van der Waals surface area contributed by atoms with Crippen molar-refractivity contribution in [3.8, 4) is 0 Å². The van der Waals surface area contributed by atoms with Crippen LogP contribution in [0.15, 0.2) is 34.9 Å². The normalized spacial score (nSPS) is 20.9. The van der Waals surface area contributed by atoms with Crippen LogP contribution < -0.4 is 5.73 Å². The Balaban J connectivity index is 1.61. The van der Waals surface area contributed by atoms with Gasteiger partial charge < -0.3 is 15.2 Å². The van der Waals surface area contributed by atoms with Gasteiger partial charge in [-0.3, -0.25) is 4.79 Å². The number of aromatic nitrogens is 1. The van der Waals surface area contributed by atoms with Gasteiger partial charge in [-0.1, -0.05) is 35.5 Å². The number of carbonyl (C=O) groups excluding carboxylic acids is 1. The Hall–Kier alpha value is -2.14. The summed E-state index contributed by atoms with van der Waals surface area (Å²) in [4.78, 5) is 14.4. The molecular weight excluding hydrogens is 290 g/mol. The van der Waals surface area contributed by atoms with Crippen molar-refractivity contribution in [1.82, 2.24) is 10.1 Å². The lowest BCUT2D eigenvalue weighted by Gasteiger charge is -2.16. The van der Waals surface area contributed by atoms with Crippen LogP contribution in [0, 0.1) is 13.8 Å². The maximum Gasteiger partial charge on any atom is 0.222 e. The van der Waals surface area contributed by atoms with Gasteiger partial charge in [0, 0.05) is 37.0 Å². The fourth-order valence-electron chi connectivity index (χ4n) is 3.33. The van der Waals surface area contributed by atoms with Gasteiger partial charge in [0.25, 0.3) is 0 Å². The van der Waals surface area contributed by atoms with Crippen molar-refractivity contribution in [3.63, 3.8) is 0 Å². The fourth-order valence-corrected chi connectivity index (χ4v) is 3.33. The molecule has 2 atom stereocenters. The zero-order chi connectivity index (χ0) is 16.4. The van der Waals surface area contributed by atoms with E-state index in [4.69, 9.17) is 10.3 Å². The Morgan fingerprint density at radius 2 is 2.04 bits per heavy atom. The third kappa shape index (κ3) is 3.29. The second kappa shape index (κ2) is 6.54. The van der Waals surface area contributed by atoms with Crippen LogP contribution in [0.4, 0.5) is 0 Å². The zero-order valence-corrected chi connectivity index (χ0v) is 13.7. The Bertz CT molecular complexity index is 661. The molecule has 3 rings (SSSR count). The largest absolute Gasteiger partial charge is 0.361 e. The maximum atomic E-state index is 12.5. The third-order valence-electron chi connectivity index (χ3n) is 4.72. The highest BCUT2D eigenvalue weighted by atomic mass is 16.5. The van der Waals surface area contributed by atoms with E-state index in [1.807, 2.05) is 36.9 Å². The molecule has 2 aromatic rings. The smallest absolute Gasteiger partial charge is 0.222 e. The van der Waals surface area contributed by atoms with Gasteiger partial charge in [0.05, 0.1) is 5.69 Å². The highest BCUT2D eigenvalue weighted by molar-refractivity contribution is 5.77. The number of hydrogen-bond acceptors (Lipinski definition) is 4. The molecule has 0 aliphatic carbocycles. The molecule has 122 valence electrons. The van der Waals surface area contributed by atoms with Gasteiger partial charge in [-0.25, -0.2) is 0 Å². The summed E-state index contributed by atoms with van der Waals surface area (Å²) in [7, 11) is 0. The van der Waals surface area contributed by atoms with Gasteiger partial charge in [-0.2, -0.15) is 0 Å². The van der Waals surface area contributed by atoms with E-state index in [2.05, 4.69) is 17.3 Å². The molecule has 5 nitrogen and oxygen atoms in total. The molecule has 1 fully saturated rings. The summed E-state index contributed by atoms with van der Waals surface area (Å²) < 4.78 is 5.15. The average molecular weight is 313 g/mol. The first-order valence-corrected chi connectivity index (χ1v) is 8.06. The summed E-state index contributed by atoms with van der Waals surface area (Å²) in [5, 5.41) is 3.94. The molecule has 23 heavy (non-hydrogen) atoms. The number of rotatable bonds is 4. The van der Waals surface area contributed by atoms with Crippen LogP contribution in [0.5, 0.6) is 0 Å². The molecule has 1 aromatic heterocycles. The number of nitrogens with zero attached hydrogens (tertiary/aromatic N) is 2. The number of nitrogens with two attached hydrogens (primary N) is 1. The summed E-state index contributed by atoms with van der Waals surface area (Å²) in [6.07, 6.45) is 1.14. The molecule has 2 N–H and O–H groups in total. The van der Waals surface area contributed by atoms with Gasteiger partial charge in [0.15, 0.2) is 0 Å². The number of aryl methyl sites for hydroxylation is 2. The van der Waals surface area contributed by atoms with E-state index >= 15 is 0 Å². The van der Waals surface area contributed by atoms with E-state index < -0.39 is 0 Å². The van der Waals surface area contributed by atoms with Gasteiger partial charge >= 0.3 is 0 Å². The summed E-state index contributed by atoms with van der Waals surface area (Å²) in [5.74, 6) is 1.17. The van der Waals surface area contributed by atoms with E-state index in [0.717, 1.165) is 17.0 Å². The quantitative estimate of drug-likeness (QED) is 0.939. The minimum Gasteiger partial charge on any atom is -0.361 e. The molecule has 0 saturated carbocycles. The van der Waals surface area contributed by atoms with Crippen LogP contribution in [0.3, 0.4) is 0 Å². The van der Waals surface area contributed by atoms with Crippen LogP contribution in [-0.2, 0) is 11.2 Å².